The molecule has 0 saturated carbocycles. The quantitative estimate of drug-likeness (QED) is 0.414. The molecule has 1 saturated heterocycles. The molecule has 1 fully saturated rings. The number of hydrogen-bond donors (Lipinski definition) is 1. The Morgan fingerprint density at radius 3 is 2.58 bits per heavy atom. The molecule has 0 unspecified atom stereocenters. The second kappa shape index (κ2) is 10.5. The molecule has 1 amide bonds. The summed E-state index contributed by atoms with van der Waals surface area (Å²) >= 11 is 0. The van der Waals surface area contributed by atoms with Gasteiger partial charge in [0.25, 0.3) is 0 Å². The molecule has 0 spiro atoms. The van der Waals surface area contributed by atoms with Crippen LogP contribution in [0.5, 0.6) is 0 Å². The summed E-state index contributed by atoms with van der Waals surface area (Å²) in [4.78, 5) is 22.2. The second-order valence-corrected chi connectivity index (χ2v) is 5.90. The summed E-state index contributed by atoms with van der Waals surface area (Å²) in [5.41, 5.74) is 1.10. The third-order valence-corrected chi connectivity index (χ3v) is 4.06. The average Bonchev–Trinajstić information content (AvgIpc) is 3.07. The molecule has 0 aliphatic carbocycles. The summed E-state index contributed by atoms with van der Waals surface area (Å²) < 4.78 is 5.07. The lowest BCUT2D eigenvalue weighted by molar-refractivity contribution is -0.129. The van der Waals surface area contributed by atoms with E-state index >= 15 is 0 Å². The Bertz CT molecular complexity index is 511. The number of amides is 1. The lowest BCUT2D eigenvalue weighted by atomic mass is 10.3. The molecular weight excluding hydrogens is 421 g/mol. The summed E-state index contributed by atoms with van der Waals surface area (Å²) in [6.45, 7) is 5.27. The molecule has 24 heavy (non-hydrogen) atoms. The van der Waals surface area contributed by atoms with Gasteiger partial charge in [0.05, 0.1) is 12.5 Å². The molecule has 1 aliphatic heterocycles. The van der Waals surface area contributed by atoms with Crippen molar-refractivity contribution >= 4 is 35.8 Å². The third-order valence-electron chi connectivity index (χ3n) is 4.06. The number of piperazine rings is 1. The maximum atomic E-state index is 11.7. The first-order valence-electron chi connectivity index (χ1n) is 7.99. The normalized spacial score (nSPS) is 15.8. The van der Waals surface area contributed by atoms with E-state index in [4.69, 9.17) is 4.42 Å². The smallest absolute Gasteiger partial charge is 0.223 e. The van der Waals surface area contributed by atoms with Crippen molar-refractivity contribution in [2.75, 3.05) is 53.9 Å². The van der Waals surface area contributed by atoms with E-state index in [9.17, 15) is 4.79 Å². The Labute approximate surface area is 161 Å². The molecule has 0 radical (unpaired) electrons. The van der Waals surface area contributed by atoms with Gasteiger partial charge in [0.15, 0.2) is 5.96 Å². The van der Waals surface area contributed by atoms with Crippen LogP contribution in [-0.2, 0) is 11.3 Å². The first kappa shape index (κ1) is 20.8. The Kier molecular flexibility index (Phi) is 9.12. The molecule has 0 aromatic carbocycles. The first-order chi connectivity index (χ1) is 11.1. The van der Waals surface area contributed by atoms with Crippen molar-refractivity contribution in [2.24, 2.45) is 4.99 Å². The molecule has 2 rings (SSSR count). The van der Waals surface area contributed by atoms with Crippen molar-refractivity contribution in [1.82, 2.24) is 20.0 Å². The molecule has 1 aliphatic rings. The largest absolute Gasteiger partial charge is 0.472 e. The number of nitrogens with zero attached hydrogens (tertiary/aromatic N) is 4. The van der Waals surface area contributed by atoms with Gasteiger partial charge < -0.3 is 19.5 Å². The van der Waals surface area contributed by atoms with Crippen LogP contribution in [0, 0.1) is 0 Å². The van der Waals surface area contributed by atoms with Crippen molar-refractivity contribution in [3.8, 4) is 0 Å². The van der Waals surface area contributed by atoms with Gasteiger partial charge in [0.1, 0.15) is 0 Å². The van der Waals surface area contributed by atoms with Gasteiger partial charge in [-0.05, 0) is 6.07 Å². The molecule has 1 aromatic rings. The number of hydrogen-bond acceptors (Lipinski definition) is 4. The number of carbonyl (C=O) groups is 1. The number of nitrogens with one attached hydrogen (secondary N) is 1. The van der Waals surface area contributed by atoms with Gasteiger partial charge in [-0.3, -0.25) is 14.7 Å². The highest BCUT2D eigenvalue weighted by Gasteiger charge is 2.20. The van der Waals surface area contributed by atoms with Crippen LogP contribution in [0.1, 0.15) is 12.0 Å². The van der Waals surface area contributed by atoms with Gasteiger partial charge in [-0.2, -0.15) is 0 Å². The van der Waals surface area contributed by atoms with Gasteiger partial charge in [0.2, 0.25) is 5.91 Å². The number of guanidine groups is 1. The van der Waals surface area contributed by atoms with Crippen LogP contribution in [-0.4, -0.2) is 80.4 Å². The number of aliphatic imine (C=N–C) groups is 1. The lowest BCUT2D eigenvalue weighted by Gasteiger charge is -2.36. The SMILES string of the molecule is CN=C(NCc1ccoc1)N1CCN(CCC(=O)N(C)C)CC1.I. The predicted molar refractivity (Wildman–Crippen MR) is 106 cm³/mol. The summed E-state index contributed by atoms with van der Waals surface area (Å²) in [6, 6.07) is 1.94. The Morgan fingerprint density at radius 2 is 2.04 bits per heavy atom. The minimum absolute atomic E-state index is 0. The molecule has 1 aromatic heterocycles. The summed E-state index contributed by atoms with van der Waals surface area (Å²) in [6.07, 6.45) is 3.99. The van der Waals surface area contributed by atoms with E-state index in [0.717, 1.165) is 44.2 Å². The van der Waals surface area contributed by atoms with Crippen LogP contribution in [0.2, 0.25) is 0 Å². The van der Waals surface area contributed by atoms with Crippen LogP contribution in [0.25, 0.3) is 0 Å². The van der Waals surface area contributed by atoms with E-state index < -0.39 is 0 Å². The van der Waals surface area contributed by atoms with E-state index in [2.05, 4.69) is 20.1 Å². The predicted octanol–water partition coefficient (Wildman–Crippen LogP) is 1.07. The van der Waals surface area contributed by atoms with Gasteiger partial charge in [0, 0.05) is 72.4 Å². The zero-order valence-electron chi connectivity index (χ0n) is 14.7. The minimum Gasteiger partial charge on any atom is -0.472 e. The van der Waals surface area contributed by atoms with Crippen molar-refractivity contribution in [3.63, 3.8) is 0 Å². The van der Waals surface area contributed by atoms with Gasteiger partial charge >= 0.3 is 0 Å². The second-order valence-electron chi connectivity index (χ2n) is 5.90. The van der Waals surface area contributed by atoms with Gasteiger partial charge in [-0.1, -0.05) is 0 Å². The van der Waals surface area contributed by atoms with E-state index in [1.54, 1.807) is 38.6 Å². The van der Waals surface area contributed by atoms with E-state index in [1.807, 2.05) is 6.07 Å². The van der Waals surface area contributed by atoms with Crippen molar-refractivity contribution in [1.29, 1.82) is 0 Å². The third kappa shape index (κ3) is 6.31. The number of rotatable bonds is 5. The molecule has 0 atom stereocenters. The van der Waals surface area contributed by atoms with Crippen molar-refractivity contribution in [2.45, 2.75) is 13.0 Å². The number of furan rings is 1. The Balaban J connectivity index is 0.00000288. The van der Waals surface area contributed by atoms with Crippen LogP contribution in [0.4, 0.5) is 0 Å². The minimum atomic E-state index is 0. The van der Waals surface area contributed by atoms with Crippen molar-refractivity contribution < 1.29 is 9.21 Å². The molecular formula is C16H28IN5O2. The maximum Gasteiger partial charge on any atom is 0.223 e. The van der Waals surface area contributed by atoms with Crippen LogP contribution in [0.15, 0.2) is 28.0 Å². The van der Waals surface area contributed by atoms with Crippen LogP contribution >= 0.6 is 24.0 Å². The van der Waals surface area contributed by atoms with Crippen LogP contribution < -0.4 is 5.32 Å². The zero-order chi connectivity index (χ0) is 16.7. The highest BCUT2D eigenvalue weighted by Crippen LogP contribution is 2.05. The molecule has 7 nitrogen and oxygen atoms in total. The highest BCUT2D eigenvalue weighted by molar-refractivity contribution is 14.0. The Morgan fingerprint density at radius 1 is 1.33 bits per heavy atom. The van der Waals surface area contributed by atoms with E-state index in [-0.39, 0.29) is 29.9 Å². The summed E-state index contributed by atoms with van der Waals surface area (Å²) in [7, 11) is 5.41. The first-order valence-corrected chi connectivity index (χ1v) is 7.99. The Hall–Kier alpha value is -1.29. The summed E-state index contributed by atoms with van der Waals surface area (Å²) in [5, 5.41) is 3.36. The fraction of sp³-hybridized carbons (Fsp3) is 0.625. The van der Waals surface area contributed by atoms with Crippen molar-refractivity contribution in [3.05, 3.63) is 24.2 Å². The topological polar surface area (TPSA) is 64.3 Å². The maximum absolute atomic E-state index is 11.7. The molecule has 1 N–H and O–H groups in total. The van der Waals surface area contributed by atoms with E-state index in [1.165, 1.54) is 0 Å². The summed E-state index contributed by atoms with van der Waals surface area (Å²) in [5.74, 6) is 1.10. The molecule has 0 bridgehead atoms. The van der Waals surface area contributed by atoms with E-state index in [0.29, 0.717) is 13.0 Å². The van der Waals surface area contributed by atoms with Gasteiger partial charge in [-0.25, -0.2) is 0 Å². The average molecular weight is 449 g/mol. The molecule has 2 heterocycles. The van der Waals surface area contributed by atoms with Gasteiger partial charge in [-0.15, -0.1) is 24.0 Å². The number of carbonyl (C=O) groups excluding carboxylic acids is 1. The zero-order valence-corrected chi connectivity index (χ0v) is 17.0. The number of halogens is 1. The highest BCUT2D eigenvalue weighted by atomic mass is 127. The fourth-order valence-corrected chi connectivity index (χ4v) is 2.57. The molecule has 8 heteroatoms. The lowest BCUT2D eigenvalue weighted by Crippen LogP contribution is -2.52. The monoisotopic (exact) mass is 449 g/mol. The van der Waals surface area contributed by atoms with Crippen LogP contribution in [0.3, 0.4) is 0 Å². The fourth-order valence-electron chi connectivity index (χ4n) is 2.57. The molecule has 136 valence electrons. The standard InChI is InChI=1S/C16H27N5O2.HI/c1-17-16(18-12-14-5-11-23-13-14)21-9-7-20(8-10-21)6-4-15(22)19(2)3;/h5,11,13H,4,6-10,12H2,1-3H3,(H,17,18);1H.